The SMILES string of the molecule is Cc1cc(NC(=O)Nc2cc(C3CC3C(=O)O)ccc2N(CC(C)C)CC(C)C)on1. The molecule has 3 rings (SSSR count). The Morgan fingerprint density at radius 3 is 2.35 bits per heavy atom. The van der Waals surface area contributed by atoms with Crippen LogP contribution in [0.25, 0.3) is 0 Å². The van der Waals surface area contributed by atoms with Gasteiger partial charge in [-0.05, 0) is 48.8 Å². The fourth-order valence-corrected chi connectivity index (χ4v) is 3.84. The molecule has 0 radical (unpaired) electrons. The number of carbonyl (C=O) groups excluding carboxylic acids is 1. The van der Waals surface area contributed by atoms with Gasteiger partial charge in [0.25, 0.3) is 0 Å². The monoisotopic (exact) mass is 428 g/mol. The summed E-state index contributed by atoms with van der Waals surface area (Å²) in [5.74, 6) is 0.00219. The molecule has 1 aromatic carbocycles. The van der Waals surface area contributed by atoms with Crippen molar-refractivity contribution >= 4 is 29.3 Å². The van der Waals surface area contributed by atoms with Gasteiger partial charge in [-0.15, -0.1) is 0 Å². The van der Waals surface area contributed by atoms with Gasteiger partial charge in [0, 0.05) is 19.2 Å². The summed E-state index contributed by atoms with van der Waals surface area (Å²) in [5.41, 5.74) is 3.17. The van der Waals surface area contributed by atoms with Crippen LogP contribution in [0.1, 0.15) is 51.3 Å². The minimum atomic E-state index is -0.775. The van der Waals surface area contributed by atoms with E-state index in [1.54, 1.807) is 13.0 Å². The predicted molar refractivity (Wildman–Crippen MR) is 121 cm³/mol. The number of carbonyl (C=O) groups is 2. The van der Waals surface area contributed by atoms with Crippen LogP contribution in [-0.2, 0) is 4.79 Å². The van der Waals surface area contributed by atoms with Crippen molar-refractivity contribution in [3.05, 3.63) is 35.5 Å². The highest BCUT2D eigenvalue weighted by atomic mass is 16.5. The third kappa shape index (κ3) is 5.99. The van der Waals surface area contributed by atoms with Crippen LogP contribution >= 0.6 is 0 Å². The number of carboxylic acid groups (broad SMARTS) is 1. The Morgan fingerprint density at radius 2 is 1.84 bits per heavy atom. The maximum atomic E-state index is 12.7. The molecule has 0 bridgehead atoms. The van der Waals surface area contributed by atoms with Gasteiger partial charge < -0.3 is 19.8 Å². The first-order valence-corrected chi connectivity index (χ1v) is 10.8. The molecule has 0 saturated heterocycles. The van der Waals surface area contributed by atoms with Crippen molar-refractivity contribution in [3.63, 3.8) is 0 Å². The van der Waals surface area contributed by atoms with Gasteiger partial charge in [-0.25, -0.2) is 4.79 Å². The van der Waals surface area contributed by atoms with E-state index in [4.69, 9.17) is 4.52 Å². The number of benzene rings is 1. The van der Waals surface area contributed by atoms with Crippen molar-refractivity contribution in [1.29, 1.82) is 0 Å². The average molecular weight is 429 g/mol. The molecule has 1 aliphatic rings. The van der Waals surface area contributed by atoms with Crippen LogP contribution in [0.15, 0.2) is 28.8 Å². The largest absolute Gasteiger partial charge is 0.481 e. The zero-order valence-electron chi connectivity index (χ0n) is 18.8. The van der Waals surface area contributed by atoms with E-state index >= 15 is 0 Å². The second kappa shape index (κ2) is 9.41. The van der Waals surface area contributed by atoms with Gasteiger partial charge in [-0.2, -0.15) is 0 Å². The summed E-state index contributed by atoms with van der Waals surface area (Å²) in [5, 5.41) is 18.7. The zero-order valence-corrected chi connectivity index (χ0v) is 18.8. The zero-order chi connectivity index (χ0) is 22.7. The van der Waals surface area contributed by atoms with Gasteiger partial charge in [0.05, 0.1) is 23.0 Å². The Labute approximate surface area is 183 Å². The summed E-state index contributed by atoms with van der Waals surface area (Å²) in [6, 6.07) is 7.09. The third-order valence-corrected chi connectivity index (χ3v) is 5.18. The molecule has 2 amide bonds. The molecule has 2 aromatic rings. The van der Waals surface area contributed by atoms with E-state index in [1.165, 1.54) is 0 Å². The molecule has 8 heteroatoms. The summed E-state index contributed by atoms with van der Waals surface area (Å²) in [6.07, 6.45) is 0.624. The lowest BCUT2D eigenvalue weighted by Gasteiger charge is -2.30. The van der Waals surface area contributed by atoms with E-state index < -0.39 is 12.0 Å². The fraction of sp³-hybridized carbons (Fsp3) is 0.522. The molecule has 1 saturated carbocycles. The smallest absolute Gasteiger partial charge is 0.326 e. The number of anilines is 3. The van der Waals surface area contributed by atoms with Crippen molar-refractivity contribution in [2.45, 2.75) is 47.0 Å². The molecule has 1 aliphatic carbocycles. The maximum absolute atomic E-state index is 12.7. The highest BCUT2D eigenvalue weighted by Crippen LogP contribution is 2.49. The topological polar surface area (TPSA) is 108 Å². The Hall–Kier alpha value is -3.03. The second-order valence-electron chi connectivity index (χ2n) is 9.17. The first-order chi connectivity index (χ1) is 14.6. The van der Waals surface area contributed by atoms with E-state index in [-0.39, 0.29) is 17.7 Å². The number of carboxylic acids is 1. The number of urea groups is 1. The first kappa shape index (κ1) is 22.7. The molecule has 31 heavy (non-hydrogen) atoms. The van der Waals surface area contributed by atoms with Gasteiger partial charge in [-0.1, -0.05) is 38.9 Å². The summed E-state index contributed by atoms with van der Waals surface area (Å²) >= 11 is 0. The number of aromatic nitrogens is 1. The maximum Gasteiger partial charge on any atom is 0.326 e. The number of hydrogen-bond donors (Lipinski definition) is 3. The van der Waals surface area contributed by atoms with Crippen molar-refractivity contribution in [1.82, 2.24) is 5.16 Å². The molecule has 2 atom stereocenters. The van der Waals surface area contributed by atoms with Crippen molar-refractivity contribution in [2.24, 2.45) is 17.8 Å². The van der Waals surface area contributed by atoms with Gasteiger partial charge in [-0.3, -0.25) is 10.1 Å². The number of amides is 2. The number of rotatable bonds is 9. The molecule has 1 fully saturated rings. The van der Waals surface area contributed by atoms with Crippen LogP contribution in [0.4, 0.5) is 22.1 Å². The predicted octanol–water partition coefficient (Wildman–Crippen LogP) is 4.93. The fourth-order valence-electron chi connectivity index (χ4n) is 3.84. The van der Waals surface area contributed by atoms with Gasteiger partial charge in [0.15, 0.2) is 0 Å². The van der Waals surface area contributed by atoms with E-state index in [0.29, 0.717) is 29.6 Å². The summed E-state index contributed by atoms with van der Waals surface area (Å²) in [7, 11) is 0. The Bertz CT molecular complexity index is 927. The molecular formula is C23H32N4O4. The van der Waals surface area contributed by atoms with Crippen molar-refractivity contribution in [2.75, 3.05) is 28.6 Å². The Kier molecular flexibility index (Phi) is 6.87. The molecule has 8 nitrogen and oxygen atoms in total. The summed E-state index contributed by atoms with van der Waals surface area (Å²) in [6.45, 7) is 12.1. The Balaban J connectivity index is 1.89. The van der Waals surface area contributed by atoms with Gasteiger partial charge >= 0.3 is 12.0 Å². The third-order valence-electron chi connectivity index (χ3n) is 5.18. The van der Waals surface area contributed by atoms with E-state index in [0.717, 1.165) is 24.3 Å². The summed E-state index contributed by atoms with van der Waals surface area (Å²) in [4.78, 5) is 26.3. The number of aryl methyl sites for hydroxylation is 1. The van der Waals surface area contributed by atoms with Gasteiger partial charge in [0.2, 0.25) is 5.88 Å². The number of nitrogens with zero attached hydrogens (tertiary/aromatic N) is 2. The number of hydrogen-bond acceptors (Lipinski definition) is 5. The van der Waals surface area contributed by atoms with Crippen LogP contribution in [0.2, 0.25) is 0 Å². The quantitative estimate of drug-likeness (QED) is 0.522. The van der Waals surface area contributed by atoms with Crippen LogP contribution in [0, 0.1) is 24.7 Å². The lowest BCUT2D eigenvalue weighted by molar-refractivity contribution is -0.138. The van der Waals surface area contributed by atoms with Crippen molar-refractivity contribution < 1.29 is 19.2 Å². The normalized spacial score (nSPS) is 17.6. The molecule has 0 spiro atoms. The summed E-state index contributed by atoms with van der Waals surface area (Å²) < 4.78 is 5.07. The van der Waals surface area contributed by atoms with Crippen LogP contribution in [0.5, 0.6) is 0 Å². The highest BCUT2D eigenvalue weighted by molar-refractivity contribution is 6.01. The van der Waals surface area contributed by atoms with E-state index in [9.17, 15) is 14.7 Å². The molecule has 1 aromatic heterocycles. The minimum absolute atomic E-state index is 0.0178. The second-order valence-corrected chi connectivity index (χ2v) is 9.17. The lowest BCUT2D eigenvalue weighted by atomic mass is 10.0. The van der Waals surface area contributed by atoms with Crippen LogP contribution in [-0.4, -0.2) is 35.4 Å². The molecule has 2 unspecified atom stereocenters. The molecule has 3 N–H and O–H groups in total. The number of nitrogens with one attached hydrogen (secondary N) is 2. The van der Waals surface area contributed by atoms with E-state index in [1.807, 2.05) is 18.2 Å². The molecule has 1 heterocycles. The van der Waals surface area contributed by atoms with E-state index in [2.05, 4.69) is 48.4 Å². The molecule has 0 aliphatic heterocycles. The van der Waals surface area contributed by atoms with Crippen LogP contribution in [0.3, 0.4) is 0 Å². The Morgan fingerprint density at radius 1 is 1.16 bits per heavy atom. The minimum Gasteiger partial charge on any atom is -0.481 e. The van der Waals surface area contributed by atoms with Crippen molar-refractivity contribution in [3.8, 4) is 0 Å². The van der Waals surface area contributed by atoms with Crippen LogP contribution < -0.4 is 15.5 Å². The molecular weight excluding hydrogens is 396 g/mol. The number of aliphatic carboxylic acids is 1. The average Bonchev–Trinajstić information content (AvgIpc) is 3.37. The standard InChI is InChI=1S/C23H32N4O4/c1-13(2)11-27(12-14(3)4)20-7-6-16(17-10-18(17)22(28)29)9-19(20)24-23(30)25-21-8-15(5)26-31-21/h6-9,13-14,17-18H,10-12H2,1-5H3,(H,28,29)(H2,24,25,30). The van der Waals surface area contributed by atoms with Gasteiger partial charge in [0.1, 0.15) is 0 Å². The lowest BCUT2D eigenvalue weighted by Crippen LogP contribution is -2.32. The highest BCUT2D eigenvalue weighted by Gasteiger charge is 2.44. The molecule has 168 valence electrons. The first-order valence-electron chi connectivity index (χ1n) is 10.8.